The lowest BCUT2D eigenvalue weighted by Crippen LogP contribution is -2.16. The van der Waals surface area contributed by atoms with E-state index in [9.17, 15) is 14.0 Å². The number of aliphatic carboxylic acids is 1. The second-order valence-corrected chi connectivity index (χ2v) is 6.50. The highest BCUT2D eigenvalue weighted by Crippen LogP contribution is 2.31. The molecule has 0 fully saturated rings. The van der Waals surface area contributed by atoms with Crippen LogP contribution in [0.4, 0.5) is 10.1 Å². The number of halogens is 2. The summed E-state index contributed by atoms with van der Waals surface area (Å²) in [5, 5.41) is 12.1. The fraction of sp³-hybridized carbons (Fsp3) is 0.200. The van der Waals surface area contributed by atoms with Gasteiger partial charge >= 0.3 is 5.97 Å². The Hall–Kier alpha value is -2.86. The SMILES string of the molecule is O=C(O)C1=C(C(=O)Nc2ccc(OCc3ccccc3F)c(Cl)c2)CCC1. The summed E-state index contributed by atoms with van der Waals surface area (Å²) in [6.07, 6.45) is 1.47. The van der Waals surface area contributed by atoms with Gasteiger partial charge in [-0.2, -0.15) is 0 Å². The molecular formula is C20H17ClFNO4. The molecule has 1 aliphatic rings. The molecule has 0 aliphatic heterocycles. The predicted molar refractivity (Wildman–Crippen MR) is 99.3 cm³/mol. The number of benzene rings is 2. The van der Waals surface area contributed by atoms with Gasteiger partial charge in [-0.15, -0.1) is 0 Å². The van der Waals surface area contributed by atoms with Gasteiger partial charge in [-0.1, -0.05) is 29.8 Å². The minimum absolute atomic E-state index is 0.0208. The first kappa shape index (κ1) is 18.9. The van der Waals surface area contributed by atoms with E-state index in [1.807, 2.05) is 0 Å². The largest absolute Gasteiger partial charge is 0.487 e. The van der Waals surface area contributed by atoms with Crippen molar-refractivity contribution in [2.45, 2.75) is 25.9 Å². The fourth-order valence-electron chi connectivity index (χ4n) is 2.90. The molecule has 0 bridgehead atoms. The second-order valence-electron chi connectivity index (χ2n) is 6.10. The minimum Gasteiger partial charge on any atom is -0.487 e. The predicted octanol–water partition coefficient (Wildman–Crippen LogP) is 4.56. The molecule has 7 heteroatoms. The molecule has 0 saturated heterocycles. The molecule has 0 radical (unpaired) electrons. The molecule has 5 nitrogen and oxygen atoms in total. The van der Waals surface area contributed by atoms with E-state index < -0.39 is 11.9 Å². The van der Waals surface area contributed by atoms with Crippen molar-refractivity contribution < 1.29 is 23.8 Å². The Balaban J connectivity index is 1.68. The van der Waals surface area contributed by atoms with Crippen molar-refractivity contribution in [1.29, 1.82) is 0 Å². The van der Waals surface area contributed by atoms with E-state index in [1.54, 1.807) is 30.3 Å². The first-order valence-corrected chi connectivity index (χ1v) is 8.76. The molecule has 0 unspecified atom stereocenters. The van der Waals surface area contributed by atoms with E-state index in [0.29, 0.717) is 41.8 Å². The van der Waals surface area contributed by atoms with E-state index in [0.717, 1.165) is 0 Å². The number of nitrogens with one attached hydrogen (secondary N) is 1. The number of carbonyl (C=O) groups is 2. The summed E-state index contributed by atoms with van der Waals surface area (Å²) >= 11 is 6.18. The number of ether oxygens (including phenoxy) is 1. The molecular weight excluding hydrogens is 373 g/mol. The van der Waals surface area contributed by atoms with Crippen LogP contribution in [-0.4, -0.2) is 17.0 Å². The summed E-state index contributed by atoms with van der Waals surface area (Å²) in [7, 11) is 0. The number of carboxylic acid groups (broad SMARTS) is 1. The maximum Gasteiger partial charge on any atom is 0.332 e. The number of hydrogen-bond acceptors (Lipinski definition) is 3. The zero-order valence-corrected chi connectivity index (χ0v) is 15.1. The average Bonchev–Trinajstić information content (AvgIpc) is 3.12. The third-order valence-electron chi connectivity index (χ3n) is 4.28. The maximum absolute atomic E-state index is 13.6. The van der Waals surface area contributed by atoms with Crippen molar-refractivity contribution in [1.82, 2.24) is 0 Å². The standard InChI is InChI=1S/C20H17ClFNO4/c21-16-10-13(23-19(24)14-5-3-6-15(14)20(25)26)8-9-18(16)27-11-12-4-1-2-7-17(12)22/h1-2,4,7-10H,3,5-6,11H2,(H,23,24)(H,25,26). The molecule has 0 atom stereocenters. The third kappa shape index (κ3) is 4.46. The lowest BCUT2D eigenvalue weighted by molar-refractivity contribution is -0.133. The van der Waals surface area contributed by atoms with Gasteiger partial charge in [-0.05, 0) is 43.5 Å². The Morgan fingerprint density at radius 3 is 2.59 bits per heavy atom. The lowest BCUT2D eigenvalue weighted by Gasteiger charge is -2.11. The molecule has 1 aliphatic carbocycles. The number of carboxylic acids is 1. The van der Waals surface area contributed by atoms with Gasteiger partial charge in [-0.3, -0.25) is 4.79 Å². The molecule has 2 aromatic carbocycles. The Labute approximate surface area is 160 Å². The topological polar surface area (TPSA) is 75.6 Å². The van der Waals surface area contributed by atoms with Gasteiger partial charge in [0, 0.05) is 22.4 Å². The summed E-state index contributed by atoms with van der Waals surface area (Å²) in [4.78, 5) is 23.5. The van der Waals surface area contributed by atoms with Gasteiger partial charge in [0.15, 0.2) is 0 Å². The summed E-state index contributed by atoms with van der Waals surface area (Å²) in [6, 6.07) is 10.9. The van der Waals surface area contributed by atoms with E-state index in [1.165, 1.54) is 12.1 Å². The highest BCUT2D eigenvalue weighted by molar-refractivity contribution is 6.32. The van der Waals surface area contributed by atoms with Crippen LogP contribution < -0.4 is 10.1 Å². The first-order chi connectivity index (χ1) is 13.0. The molecule has 27 heavy (non-hydrogen) atoms. The smallest absolute Gasteiger partial charge is 0.332 e. The molecule has 1 amide bonds. The first-order valence-electron chi connectivity index (χ1n) is 8.38. The van der Waals surface area contributed by atoms with Crippen LogP contribution in [0.25, 0.3) is 0 Å². The molecule has 3 rings (SSSR count). The van der Waals surface area contributed by atoms with Crippen LogP contribution in [0.15, 0.2) is 53.6 Å². The zero-order chi connectivity index (χ0) is 19.4. The van der Waals surface area contributed by atoms with Crippen molar-refractivity contribution in [3.8, 4) is 5.75 Å². The van der Waals surface area contributed by atoms with Gasteiger partial charge < -0.3 is 15.2 Å². The Bertz CT molecular complexity index is 926. The molecule has 0 aromatic heterocycles. The number of rotatable bonds is 6. The van der Waals surface area contributed by atoms with Gasteiger partial charge in [0.1, 0.15) is 18.2 Å². The van der Waals surface area contributed by atoms with Crippen LogP contribution >= 0.6 is 11.6 Å². The van der Waals surface area contributed by atoms with Crippen LogP contribution in [0.3, 0.4) is 0 Å². The maximum atomic E-state index is 13.6. The highest BCUT2D eigenvalue weighted by atomic mass is 35.5. The lowest BCUT2D eigenvalue weighted by atomic mass is 10.1. The van der Waals surface area contributed by atoms with Gasteiger partial charge in [-0.25, -0.2) is 9.18 Å². The summed E-state index contributed by atoms with van der Waals surface area (Å²) in [5.74, 6) is -1.52. The minimum atomic E-state index is -1.06. The van der Waals surface area contributed by atoms with Crippen molar-refractivity contribution in [2.75, 3.05) is 5.32 Å². The van der Waals surface area contributed by atoms with Gasteiger partial charge in [0.25, 0.3) is 5.91 Å². The molecule has 140 valence electrons. The molecule has 2 N–H and O–H groups in total. The van der Waals surface area contributed by atoms with Crippen molar-refractivity contribution in [2.24, 2.45) is 0 Å². The molecule has 0 spiro atoms. The third-order valence-corrected chi connectivity index (χ3v) is 4.58. The molecule has 0 heterocycles. The van der Waals surface area contributed by atoms with Crippen LogP contribution in [0.1, 0.15) is 24.8 Å². The quantitative estimate of drug-likeness (QED) is 0.759. The van der Waals surface area contributed by atoms with Crippen molar-refractivity contribution >= 4 is 29.2 Å². The summed E-state index contributed by atoms with van der Waals surface area (Å²) < 4.78 is 19.2. The van der Waals surface area contributed by atoms with Crippen LogP contribution in [0.5, 0.6) is 5.75 Å². The van der Waals surface area contributed by atoms with Crippen LogP contribution in [-0.2, 0) is 16.2 Å². The Morgan fingerprint density at radius 2 is 1.89 bits per heavy atom. The Kier molecular flexibility index (Phi) is 5.76. The number of hydrogen-bond donors (Lipinski definition) is 2. The highest BCUT2D eigenvalue weighted by Gasteiger charge is 2.25. The monoisotopic (exact) mass is 389 g/mol. The van der Waals surface area contributed by atoms with E-state index in [2.05, 4.69) is 5.32 Å². The number of amides is 1. The van der Waals surface area contributed by atoms with Crippen molar-refractivity contribution in [3.05, 3.63) is 70.0 Å². The van der Waals surface area contributed by atoms with Gasteiger partial charge in [0.05, 0.1) is 5.02 Å². The summed E-state index contributed by atoms with van der Waals surface area (Å²) in [5.41, 5.74) is 1.27. The summed E-state index contributed by atoms with van der Waals surface area (Å²) in [6.45, 7) is 0.0208. The number of anilines is 1. The van der Waals surface area contributed by atoms with Crippen LogP contribution in [0, 0.1) is 5.82 Å². The van der Waals surface area contributed by atoms with E-state index >= 15 is 0 Å². The van der Waals surface area contributed by atoms with Gasteiger partial charge in [0.2, 0.25) is 0 Å². The zero-order valence-electron chi connectivity index (χ0n) is 14.3. The van der Waals surface area contributed by atoms with E-state index in [-0.39, 0.29) is 23.0 Å². The molecule has 2 aromatic rings. The molecule has 0 saturated carbocycles. The second kappa shape index (κ2) is 8.22. The Morgan fingerprint density at radius 1 is 1.15 bits per heavy atom. The van der Waals surface area contributed by atoms with Crippen LogP contribution in [0.2, 0.25) is 5.02 Å². The average molecular weight is 390 g/mol. The van der Waals surface area contributed by atoms with Crippen molar-refractivity contribution in [3.63, 3.8) is 0 Å². The number of carbonyl (C=O) groups excluding carboxylic acids is 1. The van der Waals surface area contributed by atoms with E-state index in [4.69, 9.17) is 21.4 Å². The normalized spacial score (nSPS) is 13.6. The fourth-order valence-corrected chi connectivity index (χ4v) is 3.14.